The van der Waals surface area contributed by atoms with E-state index < -0.39 is 0 Å². The number of rotatable bonds is 4. The lowest BCUT2D eigenvalue weighted by Crippen LogP contribution is -2.32. The van der Waals surface area contributed by atoms with E-state index in [0.29, 0.717) is 11.8 Å². The van der Waals surface area contributed by atoms with Crippen molar-refractivity contribution < 1.29 is 9.13 Å². The van der Waals surface area contributed by atoms with Crippen LogP contribution in [0, 0.1) is 24.7 Å². The Morgan fingerprint density at radius 2 is 2.00 bits per heavy atom. The molecule has 0 amide bonds. The van der Waals surface area contributed by atoms with Crippen LogP contribution in [0.1, 0.15) is 68.7 Å². The molecule has 0 aromatic heterocycles. The molecule has 0 spiro atoms. The van der Waals surface area contributed by atoms with Crippen molar-refractivity contribution in [2.75, 3.05) is 6.61 Å². The van der Waals surface area contributed by atoms with Gasteiger partial charge in [0.1, 0.15) is 5.83 Å². The van der Waals surface area contributed by atoms with E-state index in [-0.39, 0.29) is 23.8 Å². The summed E-state index contributed by atoms with van der Waals surface area (Å²) < 4.78 is 20.7. The molecule has 25 heavy (non-hydrogen) atoms. The summed E-state index contributed by atoms with van der Waals surface area (Å²) in [5.41, 5.74) is 3.94. The maximum Gasteiger partial charge on any atom is 0.104 e. The van der Waals surface area contributed by atoms with Crippen molar-refractivity contribution in [3.63, 3.8) is 0 Å². The third-order valence-electron chi connectivity index (χ3n) is 6.09. The van der Waals surface area contributed by atoms with Crippen molar-refractivity contribution in [1.82, 2.24) is 0 Å². The largest absolute Gasteiger partial charge is 0.373 e. The second-order valence-corrected chi connectivity index (χ2v) is 8.05. The molecule has 1 heterocycles. The zero-order valence-electron chi connectivity index (χ0n) is 16.0. The maximum absolute atomic E-state index is 14.4. The van der Waals surface area contributed by atoms with E-state index >= 15 is 0 Å². The van der Waals surface area contributed by atoms with Gasteiger partial charge >= 0.3 is 0 Å². The van der Waals surface area contributed by atoms with Gasteiger partial charge in [-0.15, -0.1) is 0 Å². The van der Waals surface area contributed by atoms with E-state index in [2.05, 4.69) is 52.0 Å². The van der Waals surface area contributed by atoms with Crippen molar-refractivity contribution >= 4 is 0 Å². The Hall–Kier alpha value is -1.41. The van der Waals surface area contributed by atoms with E-state index in [0.717, 1.165) is 25.9 Å². The van der Waals surface area contributed by atoms with Gasteiger partial charge in [0.05, 0.1) is 6.10 Å². The molecule has 0 radical (unpaired) electrons. The van der Waals surface area contributed by atoms with Crippen LogP contribution in [0.3, 0.4) is 0 Å². The minimum absolute atomic E-state index is 0.00668. The topological polar surface area (TPSA) is 9.23 Å². The lowest BCUT2D eigenvalue weighted by Gasteiger charge is -2.40. The summed E-state index contributed by atoms with van der Waals surface area (Å²) >= 11 is 0. The number of allylic oxidation sites excluding steroid dienone is 4. The minimum atomic E-state index is -0.00668. The molecule has 1 aliphatic carbocycles. The summed E-state index contributed by atoms with van der Waals surface area (Å²) in [5, 5.41) is 0. The molecule has 0 N–H and O–H groups in total. The lowest BCUT2D eigenvalue weighted by molar-refractivity contribution is -0.0545. The van der Waals surface area contributed by atoms with Gasteiger partial charge in [-0.1, -0.05) is 51.1 Å². The maximum atomic E-state index is 14.4. The van der Waals surface area contributed by atoms with Gasteiger partial charge in [-0.25, -0.2) is 4.39 Å². The standard InChI is InChI=1S/C23H31FO/c1-15(2)18-12-11-16(3)21(14-18)23-20(9-7-13-25-23)17(4)19-8-5-6-10-22(19)24/h5-6,10-12,14-15,17,19-20,23H,7-9,13H2,1-4H3/t17-,19?,20-,23-/m0/s1. The highest BCUT2D eigenvalue weighted by molar-refractivity contribution is 5.35. The quantitative estimate of drug-likeness (QED) is 0.595. The summed E-state index contributed by atoms with van der Waals surface area (Å²) in [6.45, 7) is 9.64. The highest BCUT2D eigenvalue weighted by Gasteiger charge is 2.37. The Balaban J connectivity index is 1.90. The zero-order valence-corrected chi connectivity index (χ0v) is 16.0. The van der Waals surface area contributed by atoms with Crippen LogP contribution in [-0.4, -0.2) is 6.61 Å². The molecule has 136 valence electrons. The molecule has 2 aliphatic rings. The number of halogens is 1. The average molecular weight is 342 g/mol. The molecule has 3 rings (SSSR count). The second kappa shape index (κ2) is 7.86. The Morgan fingerprint density at radius 3 is 2.72 bits per heavy atom. The molecular weight excluding hydrogens is 311 g/mol. The van der Waals surface area contributed by atoms with E-state index in [1.54, 1.807) is 6.08 Å². The van der Waals surface area contributed by atoms with Crippen LogP contribution in [-0.2, 0) is 4.74 Å². The molecule has 0 saturated carbocycles. The Bertz CT molecular complexity index is 658. The number of ether oxygens (including phenoxy) is 1. The smallest absolute Gasteiger partial charge is 0.104 e. The Labute approximate surface area is 152 Å². The monoisotopic (exact) mass is 342 g/mol. The first-order chi connectivity index (χ1) is 12.0. The number of benzene rings is 1. The highest BCUT2D eigenvalue weighted by atomic mass is 19.1. The third-order valence-corrected chi connectivity index (χ3v) is 6.09. The van der Waals surface area contributed by atoms with Crippen LogP contribution in [0.15, 0.2) is 42.3 Å². The molecule has 0 bridgehead atoms. The molecule has 1 nitrogen and oxygen atoms in total. The predicted octanol–water partition coefficient (Wildman–Crippen LogP) is 6.65. The second-order valence-electron chi connectivity index (χ2n) is 8.05. The Morgan fingerprint density at radius 1 is 1.20 bits per heavy atom. The van der Waals surface area contributed by atoms with Crippen LogP contribution in [0.5, 0.6) is 0 Å². The van der Waals surface area contributed by atoms with Crippen molar-refractivity contribution in [3.8, 4) is 0 Å². The third kappa shape index (κ3) is 3.89. The van der Waals surface area contributed by atoms with Gasteiger partial charge in [0.25, 0.3) is 0 Å². The molecule has 1 aliphatic heterocycles. The van der Waals surface area contributed by atoms with Crippen molar-refractivity contribution in [2.24, 2.45) is 17.8 Å². The molecule has 4 atom stereocenters. The van der Waals surface area contributed by atoms with Gasteiger partial charge < -0.3 is 4.74 Å². The summed E-state index contributed by atoms with van der Waals surface area (Å²) in [7, 11) is 0. The first kappa shape index (κ1) is 18.4. The normalized spacial score (nSPS) is 28.1. The summed E-state index contributed by atoms with van der Waals surface area (Å²) in [6, 6.07) is 6.76. The SMILES string of the molecule is Cc1ccc(C(C)C)cc1[C@H]1OCCC[C@H]1[C@@H](C)C1CC=CC=C1F. The summed E-state index contributed by atoms with van der Waals surface area (Å²) in [6.07, 6.45) is 8.64. The number of hydrogen-bond donors (Lipinski definition) is 0. The van der Waals surface area contributed by atoms with Crippen LogP contribution in [0.2, 0.25) is 0 Å². The van der Waals surface area contributed by atoms with Crippen LogP contribution in [0.4, 0.5) is 4.39 Å². The number of aryl methyl sites for hydroxylation is 1. The first-order valence-corrected chi connectivity index (χ1v) is 9.73. The molecule has 1 aromatic carbocycles. The van der Waals surface area contributed by atoms with Gasteiger partial charge in [0.2, 0.25) is 0 Å². The van der Waals surface area contributed by atoms with Crippen molar-refractivity contribution in [2.45, 2.75) is 59.0 Å². The van der Waals surface area contributed by atoms with Gasteiger partial charge in [-0.05, 0) is 66.7 Å². The fourth-order valence-electron chi connectivity index (χ4n) is 4.37. The Kier molecular flexibility index (Phi) is 5.78. The van der Waals surface area contributed by atoms with Crippen LogP contribution < -0.4 is 0 Å². The summed E-state index contributed by atoms with van der Waals surface area (Å²) in [5.74, 6) is 1.17. The van der Waals surface area contributed by atoms with Gasteiger partial charge in [0.15, 0.2) is 0 Å². The zero-order chi connectivity index (χ0) is 18.0. The van der Waals surface area contributed by atoms with Gasteiger partial charge in [0, 0.05) is 12.5 Å². The minimum Gasteiger partial charge on any atom is -0.373 e. The summed E-state index contributed by atoms with van der Waals surface area (Å²) in [4.78, 5) is 0. The van der Waals surface area contributed by atoms with Gasteiger partial charge in [-0.3, -0.25) is 0 Å². The molecule has 1 saturated heterocycles. The lowest BCUT2D eigenvalue weighted by atomic mass is 9.72. The molecular formula is C23H31FO. The molecule has 1 fully saturated rings. The van der Waals surface area contributed by atoms with E-state index in [1.807, 2.05) is 6.08 Å². The predicted molar refractivity (Wildman–Crippen MR) is 102 cm³/mol. The highest BCUT2D eigenvalue weighted by Crippen LogP contribution is 2.45. The number of hydrogen-bond acceptors (Lipinski definition) is 1. The van der Waals surface area contributed by atoms with Crippen LogP contribution >= 0.6 is 0 Å². The molecule has 1 aromatic rings. The van der Waals surface area contributed by atoms with E-state index in [1.165, 1.54) is 16.7 Å². The van der Waals surface area contributed by atoms with Crippen LogP contribution in [0.25, 0.3) is 0 Å². The first-order valence-electron chi connectivity index (χ1n) is 9.73. The fourth-order valence-corrected chi connectivity index (χ4v) is 4.37. The fraction of sp³-hybridized carbons (Fsp3) is 0.565. The van der Waals surface area contributed by atoms with E-state index in [9.17, 15) is 4.39 Å². The molecule has 2 heteroatoms. The average Bonchev–Trinajstić information content (AvgIpc) is 2.62. The van der Waals surface area contributed by atoms with Crippen molar-refractivity contribution in [3.05, 3.63) is 58.9 Å². The van der Waals surface area contributed by atoms with Crippen molar-refractivity contribution in [1.29, 1.82) is 0 Å². The molecule has 1 unspecified atom stereocenters. The van der Waals surface area contributed by atoms with E-state index in [4.69, 9.17) is 4.74 Å². The van der Waals surface area contributed by atoms with Gasteiger partial charge in [-0.2, -0.15) is 0 Å².